The number of hydrogen-bond donors (Lipinski definition) is 1. The highest BCUT2D eigenvalue weighted by Crippen LogP contribution is 2.19. The lowest BCUT2D eigenvalue weighted by Crippen LogP contribution is -2.50. The molecule has 2 heterocycles. The first kappa shape index (κ1) is 10.9. The molecule has 4 nitrogen and oxygen atoms in total. The number of rotatable bonds is 4. The van der Waals surface area contributed by atoms with E-state index < -0.39 is 0 Å². The van der Waals surface area contributed by atoms with E-state index in [1.165, 1.54) is 0 Å². The molecule has 0 spiro atoms. The first-order chi connectivity index (χ1) is 7.31. The van der Waals surface area contributed by atoms with Crippen molar-refractivity contribution in [1.82, 2.24) is 10.2 Å². The van der Waals surface area contributed by atoms with E-state index in [2.05, 4.69) is 12.2 Å². The van der Waals surface area contributed by atoms with Crippen LogP contribution in [0.25, 0.3) is 0 Å². The Bertz CT molecular complexity index is 229. The van der Waals surface area contributed by atoms with Gasteiger partial charge in [-0.1, -0.05) is 6.92 Å². The normalized spacial score (nSPS) is 26.7. The summed E-state index contributed by atoms with van der Waals surface area (Å²) < 4.78 is 5.49. The summed E-state index contributed by atoms with van der Waals surface area (Å²) >= 11 is 0. The molecule has 15 heavy (non-hydrogen) atoms. The summed E-state index contributed by atoms with van der Waals surface area (Å²) in [6, 6.07) is 0.459. The molecule has 0 aromatic heterocycles. The third-order valence-corrected chi connectivity index (χ3v) is 3.36. The average molecular weight is 212 g/mol. The van der Waals surface area contributed by atoms with Crippen LogP contribution in [-0.2, 0) is 9.53 Å². The van der Waals surface area contributed by atoms with Crippen LogP contribution in [-0.4, -0.2) is 49.2 Å². The van der Waals surface area contributed by atoms with E-state index in [0.29, 0.717) is 6.04 Å². The van der Waals surface area contributed by atoms with Crippen LogP contribution >= 0.6 is 0 Å². The third-order valence-electron chi connectivity index (χ3n) is 3.36. The predicted octanol–water partition coefficient (Wildman–Crippen LogP) is 0.376. The quantitative estimate of drug-likeness (QED) is 0.732. The topological polar surface area (TPSA) is 41.6 Å². The SMILES string of the molecule is CCC1CCCN1C(=O)COC1CNC1. The van der Waals surface area contributed by atoms with Crippen LogP contribution in [0.2, 0.25) is 0 Å². The Morgan fingerprint density at radius 2 is 2.33 bits per heavy atom. The molecule has 2 aliphatic rings. The number of carbonyl (C=O) groups is 1. The summed E-state index contributed by atoms with van der Waals surface area (Å²) in [6.45, 7) is 5.12. The Morgan fingerprint density at radius 3 is 2.93 bits per heavy atom. The number of likely N-dealkylation sites (tertiary alicyclic amines) is 1. The van der Waals surface area contributed by atoms with Gasteiger partial charge in [0.1, 0.15) is 6.61 Å². The summed E-state index contributed by atoms with van der Waals surface area (Å²) in [5.74, 6) is 0.172. The fourth-order valence-corrected chi connectivity index (χ4v) is 2.24. The average Bonchev–Trinajstić information content (AvgIpc) is 2.62. The number of nitrogens with zero attached hydrogens (tertiary/aromatic N) is 1. The first-order valence-electron chi connectivity index (χ1n) is 5.93. The van der Waals surface area contributed by atoms with E-state index in [9.17, 15) is 4.79 Å². The molecule has 0 aliphatic carbocycles. The Balaban J connectivity index is 1.73. The molecule has 0 aromatic rings. The molecule has 1 unspecified atom stereocenters. The zero-order chi connectivity index (χ0) is 10.7. The largest absolute Gasteiger partial charge is 0.366 e. The number of ether oxygens (including phenoxy) is 1. The van der Waals surface area contributed by atoms with Crippen molar-refractivity contribution in [2.75, 3.05) is 26.2 Å². The standard InChI is InChI=1S/C11H20N2O2/c1-2-9-4-3-5-13(9)11(14)8-15-10-6-12-7-10/h9-10,12H,2-8H2,1H3. The fraction of sp³-hybridized carbons (Fsp3) is 0.909. The van der Waals surface area contributed by atoms with Crippen LogP contribution in [0, 0.1) is 0 Å². The third kappa shape index (κ3) is 2.49. The van der Waals surface area contributed by atoms with Gasteiger partial charge in [-0.05, 0) is 19.3 Å². The molecular formula is C11H20N2O2. The molecule has 1 atom stereocenters. The fourth-order valence-electron chi connectivity index (χ4n) is 2.24. The van der Waals surface area contributed by atoms with Gasteiger partial charge in [0, 0.05) is 25.7 Å². The molecular weight excluding hydrogens is 192 g/mol. The highest BCUT2D eigenvalue weighted by molar-refractivity contribution is 5.78. The lowest BCUT2D eigenvalue weighted by atomic mass is 10.2. The molecule has 0 saturated carbocycles. The molecule has 2 fully saturated rings. The Kier molecular flexibility index (Phi) is 3.59. The van der Waals surface area contributed by atoms with E-state index in [0.717, 1.165) is 38.9 Å². The molecule has 2 rings (SSSR count). The van der Waals surface area contributed by atoms with Crippen LogP contribution in [0.3, 0.4) is 0 Å². The second-order valence-electron chi connectivity index (χ2n) is 4.38. The van der Waals surface area contributed by atoms with Crippen molar-refractivity contribution in [3.8, 4) is 0 Å². The van der Waals surface area contributed by atoms with Crippen molar-refractivity contribution in [1.29, 1.82) is 0 Å². The second kappa shape index (κ2) is 4.94. The van der Waals surface area contributed by atoms with E-state index in [-0.39, 0.29) is 18.6 Å². The monoisotopic (exact) mass is 212 g/mol. The van der Waals surface area contributed by atoms with Gasteiger partial charge in [0.05, 0.1) is 6.10 Å². The van der Waals surface area contributed by atoms with Crippen LogP contribution in [0.15, 0.2) is 0 Å². The Hall–Kier alpha value is -0.610. The van der Waals surface area contributed by atoms with Crippen LogP contribution in [0.1, 0.15) is 26.2 Å². The lowest BCUT2D eigenvalue weighted by Gasteiger charge is -2.29. The molecule has 0 aromatic carbocycles. The second-order valence-corrected chi connectivity index (χ2v) is 4.38. The molecule has 0 radical (unpaired) electrons. The van der Waals surface area contributed by atoms with E-state index in [1.807, 2.05) is 4.90 Å². The molecule has 0 bridgehead atoms. The van der Waals surface area contributed by atoms with Gasteiger partial charge in [-0.15, -0.1) is 0 Å². The maximum absolute atomic E-state index is 11.8. The first-order valence-corrected chi connectivity index (χ1v) is 5.93. The minimum atomic E-state index is 0.172. The molecule has 4 heteroatoms. The van der Waals surface area contributed by atoms with Crippen LogP contribution in [0.4, 0.5) is 0 Å². The van der Waals surface area contributed by atoms with E-state index in [1.54, 1.807) is 0 Å². The maximum Gasteiger partial charge on any atom is 0.248 e. The minimum absolute atomic E-state index is 0.172. The Labute approximate surface area is 91.0 Å². The van der Waals surface area contributed by atoms with Crippen molar-refractivity contribution < 1.29 is 9.53 Å². The van der Waals surface area contributed by atoms with Crippen molar-refractivity contribution in [2.24, 2.45) is 0 Å². The minimum Gasteiger partial charge on any atom is -0.366 e. The van der Waals surface area contributed by atoms with Gasteiger partial charge in [0.15, 0.2) is 0 Å². The van der Waals surface area contributed by atoms with Crippen molar-refractivity contribution >= 4 is 5.91 Å². The van der Waals surface area contributed by atoms with Gasteiger partial charge >= 0.3 is 0 Å². The van der Waals surface area contributed by atoms with E-state index >= 15 is 0 Å². The van der Waals surface area contributed by atoms with Gasteiger partial charge in [0.25, 0.3) is 0 Å². The van der Waals surface area contributed by atoms with Crippen molar-refractivity contribution in [2.45, 2.75) is 38.3 Å². The van der Waals surface area contributed by atoms with Gasteiger partial charge in [-0.25, -0.2) is 0 Å². The summed E-state index contributed by atoms with van der Waals surface area (Å²) in [4.78, 5) is 13.8. The van der Waals surface area contributed by atoms with Crippen LogP contribution in [0.5, 0.6) is 0 Å². The number of carbonyl (C=O) groups excluding carboxylic acids is 1. The van der Waals surface area contributed by atoms with Crippen LogP contribution < -0.4 is 5.32 Å². The molecule has 1 amide bonds. The lowest BCUT2D eigenvalue weighted by molar-refractivity contribution is -0.140. The predicted molar refractivity (Wildman–Crippen MR) is 57.6 cm³/mol. The molecule has 2 aliphatic heterocycles. The van der Waals surface area contributed by atoms with E-state index in [4.69, 9.17) is 4.74 Å². The molecule has 86 valence electrons. The summed E-state index contributed by atoms with van der Waals surface area (Å²) in [6.07, 6.45) is 3.63. The zero-order valence-corrected chi connectivity index (χ0v) is 9.37. The summed E-state index contributed by atoms with van der Waals surface area (Å²) in [5, 5.41) is 3.12. The Morgan fingerprint density at radius 1 is 1.53 bits per heavy atom. The van der Waals surface area contributed by atoms with Gasteiger partial charge in [-0.2, -0.15) is 0 Å². The highest BCUT2D eigenvalue weighted by Gasteiger charge is 2.28. The maximum atomic E-state index is 11.8. The van der Waals surface area contributed by atoms with Gasteiger partial charge < -0.3 is 15.0 Å². The molecule has 1 N–H and O–H groups in total. The summed E-state index contributed by atoms with van der Waals surface area (Å²) in [7, 11) is 0. The zero-order valence-electron chi connectivity index (χ0n) is 9.37. The number of amides is 1. The van der Waals surface area contributed by atoms with Crippen molar-refractivity contribution in [3.63, 3.8) is 0 Å². The van der Waals surface area contributed by atoms with Gasteiger partial charge in [0.2, 0.25) is 5.91 Å². The highest BCUT2D eigenvalue weighted by atomic mass is 16.5. The number of hydrogen-bond acceptors (Lipinski definition) is 3. The molecule has 2 saturated heterocycles. The smallest absolute Gasteiger partial charge is 0.248 e. The number of nitrogens with one attached hydrogen (secondary N) is 1. The summed E-state index contributed by atoms with van der Waals surface area (Å²) in [5.41, 5.74) is 0. The van der Waals surface area contributed by atoms with Gasteiger partial charge in [-0.3, -0.25) is 4.79 Å². The van der Waals surface area contributed by atoms with Crippen molar-refractivity contribution in [3.05, 3.63) is 0 Å².